The second-order valence-electron chi connectivity index (χ2n) is 5.27. The Morgan fingerprint density at radius 1 is 1.33 bits per heavy atom. The minimum atomic E-state index is 0.716. The maximum absolute atomic E-state index is 5.87. The van der Waals surface area contributed by atoms with Gasteiger partial charge in [0.15, 0.2) is 0 Å². The topological polar surface area (TPSA) is 12.5 Å². The van der Waals surface area contributed by atoms with E-state index in [1.165, 1.54) is 31.4 Å². The molecule has 1 unspecified atom stereocenters. The molecule has 0 bridgehead atoms. The van der Waals surface area contributed by atoms with Crippen LogP contribution in [0.5, 0.6) is 5.75 Å². The number of aryl methyl sites for hydroxylation is 1. The number of ether oxygens (including phenoxy) is 1. The first-order valence-electron chi connectivity index (χ1n) is 7.21. The third-order valence-corrected chi connectivity index (χ3v) is 3.95. The van der Waals surface area contributed by atoms with Crippen LogP contribution in [0.2, 0.25) is 0 Å². The van der Waals surface area contributed by atoms with Gasteiger partial charge in [0.2, 0.25) is 0 Å². The molecule has 1 aromatic rings. The lowest BCUT2D eigenvalue weighted by Crippen LogP contribution is -2.37. The van der Waals surface area contributed by atoms with E-state index in [2.05, 4.69) is 43.1 Å². The maximum Gasteiger partial charge on any atom is 0.119 e. The van der Waals surface area contributed by atoms with Crippen LogP contribution >= 0.6 is 0 Å². The second kappa shape index (κ2) is 6.79. The molecule has 2 rings (SSSR count). The zero-order valence-corrected chi connectivity index (χ0v) is 11.7. The minimum Gasteiger partial charge on any atom is -0.494 e. The van der Waals surface area contributed by atoms with Crippen LogP contribution in [0, 0.1) is 0 Å². The lowest BCUT2D eigenvalue weighted by molar-refractivity contribution is 0.153. The molecule has 2 heteroatoms. The molecule has 0 aromatic heterocycles. The number of rotatable bonds is 5. The monoisotopic (exact) mass is 247 g/mol. The molecular formula is C16H25NO. The van der Waals surface area contributed by atoms with Gasteiger partial charge in [-0.2, -0.15) is 0 Å². The molecule has 0 N–H and O–H groups in total. The van der Waals surface area contributed by atoms with Crippen molar-refractivity contribution < 1.29 is 4.74 Å². The molecule has 1 fully saturated rings. The van der Waals surface area contributed by atoms with Crippen molar-refractivity contribution in [3.8, 4) is 5.75 Å². The van der Waals surface area contributed by atoms with Crippen LogP contribution in [0.1, 0.15) is 38.2 Å². The van der Waals surface area contributed by atoms with Crippen LogP contribution in [0.3, 0.4) is 0 Å². The standard InChI is InChI=1S/C16H25NO/c1-3-14-7-6-9-16(13-14)18-12-10-15-8-4-5-11-17(15)2/h6-7,9,13,15H,3-5,8,10-12H2,1-2H3. The average Bonchev–Trinajstić information content (AvgIpc) is 2.41. The normalized spacial score (nSPS) is 20.9. The number of hydrogen-bond donors (Lipinski definition) is 0. The third kappa shape index (κ3) is 3.74. The Kier molecular flexibility index (Phi) is 5.06. The van der Waals surface area contributed by atoms with E-state index < -0.39 is 0 Å². The number of hydrogen-bond acceptors (Lipinski definition) is 2. The summed E-state index contributed by atoms with van der Waals surface area (Å²) in [5.41, 5.74) is 1.35. The molecule has 18 heavy (non-hydrogen) atoms. The number of nitrogens with zero attached hydrogens (tertiary/aromatic N) is 1. The van der Waals surface area contributed by atoms with Gasteiger partial charge in [0.1, 0.15) is 5.75 Å². The van der Waals surface area contributed by atoms with Crippen molar-refractivity contribution in [1.82, 2.24) is 4.90 Å². The number of likely N-dealkylation sites (tertiary alicyclic amines) is 1. The molecule has 2 nitrogen and oxygen atoms in total. The Morgan fingerprint density at radius 3 is 3.00 bits per heavy atom. The van der Waals surface area contributed by atoms with Gasteiger partial charge in [-0.05, 0) is 57.0 Å². The fourth-order valence-electron chi connectivity index (χ4n) is 2.68. The van der Waals surface area contributed by atoms with Gasteiger partial charge in [0, 0.05) is 6.04 Å². The maximum atomic E-state index is 5.87. The first-order valence-corrected chi connectivity index (χ1v) is 7.21. The van der Waals surface area contributed by atoms with E-state index in [0.717, 1.165) is 25.2 Å². The summed E-state index contributed by atoms with van der Waals surface area (Å²) >= 11 is 0. The van der Waals surface area contributed by atoms with Crippen LogP contribution in [-0.4, -0.2) is 31.1 Å². The predicted molar refractivity (Wildman–Crippen MR) is 76.2 cm³/mol. The van der Waals surface area contributed by atoms with Crippen LogP contribution in [-0.2, 0) is 6.42 Å². The predicted octanol–water partition coefficient (Wildman–Crippen LogP) is 3.50. The van der Waals surface area contributed by atoms with Crippen LogP contribution in [0.25, 0.3) is 0 Å². The van der Waals surface area contributed by atoms with E-state index in [1.807, 2.05) is 0 Å². The molecule has 0 spiro atoms. The smallest absolute Gasteiger partial charge is 0.119 e. The van der Waals surface area contributed by atoms with E-state index >= 15 is 0 Å². The first-order chi connectivity index (χ1) is 8.79. The minimum absolute atomic E-state index is 0.716. The molecule has 1 aromatic carbocycles. The van der Waals surface area contributed by atoms with Crippen LogP contribution in [0.4, 0.5) is 0 Å². The molecular weight excluding hydrogens is 222 g/mol. The molecule has 0 amide bonds. The Bertz CT molecular complexity index is 364. The number of benzene rings is 1. The third-order valence-electron chi connectivity index (χ3n) is 3.95. The van der Waals surface area contributed by atoms with Gasteiger partial charge in [-0.1, -0.05) is 25.5 Å². The molecule has 1 aliphatic rings. The van der Waals surface area contributed by atoms with Gasteiger partial charge in [-0.3, -0.25) is 0 Å². The van der Waals surface area contributed by atoms with E-state index in [4.69, 9.17) is 4.74 Å². The Labute approximate surface area is 111 Å². The van der Waals surface area contributed by atoms with Gasteiger partial charge < -0.3 is 9.64 Å². The van der Waals surface area contributed by atoms with E-state index in [1.54, 1.807) is 0 Å². The van der Waals surface area contributed by atoms with Gasteiger partial charge >= 0.3 is 0 Å². The highest BCUT2D eigenvalue weighted by Gasteiger charge is 2.18. The summed E-state index contributed by atoms with van der Waals surface area (Å²) < 4.78 is 5.87. The summed E-state index contributed by atoms with van der Waals surface area (Å²) in [5, 5.41) is 0. The van der Waals surface area contributed by atoms with Gasteiger partial charge in [-0.25, -0.2) is 0 Å². The fourth-order valence-corrected chi connectivity index (χ4v) is 2.68. The van der Waals surface area contributed by atoms with E-state index in [0.29, 0.717) is 6.04 Å². The van der Waals surface area contributed by atoms with Crippen molar-refractivity contribution in [2.45, 2.75) is 45.1 Å². The molecule has 1 saturated heterocycles. The Hall–Kier alpha value is -1.02. The van der Waals surface area contributed by atoms with E-state index in [-0.39, 0.29) is 0 Å². The highest BCUT2D eigenvalue weighted by Crippen LogP contribution is 2.19. The highest BCUT2D eigenvalue weighted by atomic mass is 16.5. The zero-order chi connectivity index (χ0) is 12.8. The average molecular weight is 247 g/mol. The van der Waals surface area contributed by atoms with Crippen molar-refractivity contribution in [3.05, 3.63) is 29.8 Å². The number of piperidine rings is 1. The van der Waals surface area contributed by atoms with Gasteiger partial charge in [0.25, 0.3) is 0 Å². The van der Waals surface area contributed by atoms with Gasteiger partial charge in [-0.15, -0.1) is 0 Å². The molecule has 0 aliphatic carbocycles. The largest absolute Gasteiger partial charge is 0.494 e. The summed E-state index contributed by atoms with van der Waals surface area (Å²) in [6, 6.07) is 9.17. The quantitative estimate of drug-likeness (QED) is 0.789. The van der Waals surface area contributed by atoms with Crippen LogP contribution < -0.4 is 4.74 Å². The highest BCUT2D eigenvalue weighted by molar-refractivity contribution is 5.28. The SMILES string of the molecule is CCc1cccc(OCCC2CCCCN2C)c1. The van der Waals surface area contributed by atoms with Crippen LogP contribution in [0.15, 0.2) is 24.3 Å². The summed E-state index contributed by atoms with van der Waals surface area (Å²) in [6.45, 7) is 4.26. The molecule has 1 atom stereocenters. The fraction of sp³-hybridized carbons (Fsp3) is 0.625. The van der Waals surface area contributed by atoms with Crippen molar-refractivity contribution in [2.75, 3.05) is 20.2 Å². The van der Waals surface area contributed by atoms with Crippen molar-refractivity contribution >= 4 is 0 Å². The summed E-state index contributed by atoms with van der Waals surface area (Å²) in [4.78, 5) is 2.48. The Balaban J connectivity index is 1.77. The molecule has 100 valence electrons. The van der Waals surface area contributed by atoms with Crippen molar-refractivity contribution in [3.63, 3.8) is 0 Å². The summed E-state index contributed by atoms with van der Waals surface area (Å²) in [6.07, 6.45) is 6.27. The lowest BCUT2D eigenvalue weighted by Gasteiger charge is -2.32. The molecule has 0 radical (unpaired) electrons. The summed E-state index contributed by atoms with van der Waals surface area (Å²) in [5.74, 6) is 1.02. The molecule has 0 saturated carbocycles. The summed E-state index contributed by atoms with van der Waals surface area (Å²) in [7, 11) is 2.24. The lowest BCUT2D eigenvalue weighted by atomic mass is 10.0. The van der Waals surface area contributed by atoms with Crippen molar-refractivity contribution in [1.29, 1.82) is 0 Å². The second-order valence-corrected chi connectivity index (χ2v) is 5.27. The molecule has 1 aliphatic heterocycles. The zero-order valence-electron chi connectivity index (χ0n) is 11.7. The van der Waals surface area contributed by atoms with Gasteiger partial charge in [0.05, 0.1) is 6.61 Å². The van der Waals surface area contributed by atoms with Crippen molar-refractivity contribution in [2.24, 2.45) is 0 Å². The van der Waals surface area contributed by atoms with E-state index in [9.17, 15) is 0 Å². The molecule has 1 heterocycles. The Morgan fingerprint density at radius 2 is 2.22 bits per heavy atom. The first kappa shape index (κ1) is 13.4.